The Morgan fingerprint density at radius 1 is 1.50 bits per heavy atom. The number of hydrogen-bond donors (Lipinski definition) is 1. The highest BCUT2D eigenvalue weighted by Crippen LogP contribution is 2.32. The molecule has 3 atom stereocenters. The fourth-order valence-corrected chi connectivity index (χ4v) is 3.62. The first-order valence-corrected chi connectivity index (χ1v) is 8.69. The van der Waals surface area contributed by atoms with Crippen molar-refractivity contribution in [2.75, 3.05) is 26.0 Å². The average Bonchev–Trinajstić information content (AvgIpc) is 2.68. The second kappa shape index (κ2) is 5.57. The van der Waals surface area contributed by atoms with Crippen LogP contribution in [0.1, 0.15) is 26.2 Å². The Balaban J connectivity index is 2.03. The Labute approximate surface area is 118 Å². The Morgan fingerprint density at radius 2 is 2.20 bits per heavy atom. The normalized spacial score (nSPS) is 35.2. The van der Waals surface area contributed by atoms with E-state index in [1.54, 1.807) is 6.92 Å². The van der Waals surface area contributed by atoms with Crippen LogP contribution in [-0.4, -0.2) is 63.0 Å². The molecule has 2 aliphatic heterocycles. The van der Waals surface area contributed by atoms with E-state index in [9.17, 15) is 17.6 Å². The fourth-order valence-electron chi connectivity index (χ4n) is 2.82. The number of likely N-dealkylation sites (tertiary alicyclic amines) is 1. The van der Waals surface area contributed by atoms with E-state index in [1.165, 1.54) is 4.90 Å². The van der Waals surface area contributed by atoms with Gasteiger partial charge >= 0.3 is 0 Å². The zero-order chi connectivity index (χ0) is 15.0. The molecule has 6 nitrogen and oxygen atoms in total. The first-order valence-electron chi connectivity index (χ1n) is 6.79. The third kappa shape index (κ3) is 3.29. The van der Waals surface area contributed by atoms with Crippen molar-refractivity contribution in [1.29, 1.82) is 0 Å². The van der Waals surface area contributed by atoms with Crippen LogP contribution in [0, 0.1) is 0 Å². The molecule has 2 aliphatic rings. The zero-order valence-electron chi connectivity index (χ0n) is 11.8. The maximum absolute atomic E-state index is 14.7. The number of piperidine rings is 1. The van der Waals surface area contributed by atoms with Crippen LogP contribution in [0.15, 0.2) is 0 Å². The Bertz CT molecular complexity index is 484. The molecule has 2 rings (SSSR count). The minimum atomic E-state index is -3.32. The summed E-state index contributed by atoms with van der Waals surface area (Å²) in [6, 6.07) is -0.344. The van der Waals surface area contributed by atoms with E-state index in [-0.39, 0.29) is 25.6 Å². The van der Waals surface area contributed by atoms with Crippen molar-refractivity contribution in [2.24, 2.45) is 0 Å². The van der Waals surface area contributed by atoms with Gasteiger partial charge in [-0.3, -0.25) is 4.79 Å². The topological polar surface area (TPSA) is 75.7 Å². The molecule has 0 aromatic heterocycles. The number of carbonyl (C=O) groups is 1. The monoisotopic (exact) mass is 308 g/mol. The van der Waals surface area contributed by atoms with E-state index in [4.69, 9.17) is 4.74 Å². The Kier molecular flexibility index (Phi) is 4.36. The summed E-state index contributed by atoms with van der Waals surface area (Å²) in [7, 11) is -3.32. The number of hydrogen-bond acceptors (Lipinski definition) is 4. The maximum Gasteiger partial charge on any atom is 0.263 e. The number of nitrogens with zero attached hydrogens (tertiary/aromatic N) is 1. The summed E-state index contributed by atoms with van der Waals surface area (Å²) >= 11 is 0. The number of sulfonamides is 1. The zero-order valence-corrected chi connectivity index (χ0v) is 12.6. The van der Waals surface area contributed by atoms with Gasteiger partial charge in [0.1, 0.15) is 0 Å². The van der Waals surface area contributed by atoms with Crippen molar-refractivity contribution >= 4 is 15.9 Å². The highest BCUT2D eigenvalue weighted by atomic mass is 32.2. The second-order valence-corrected chi connectivity index (χ2v) is 7.39. The molecule has 0 bridgehead atoms. The molecule has 1 amide bonds. The van der Waals surface area contributed by atoms with E-state index in [0.717, 1.165) is 6.26 Å². The van der Waals surface area contributed by atoms with Gasteiger partial charge in [0, 0.05) is 25.6 Å². The molecule has 0 saturated carbocycles. The summed E-state index contributed by atoms with van der Waals surface area (Å²) in [5.41, 5.74) is -1.98. The number of ether oxygens (including phenoxy) is 1. The molecule has 2 unspecified atom stereocenters. The quantitative estimate of drug-likeness (QED) is 0.799. The van der Waals surface area contributed by atoms with Crippen molar-refractivity contribution in [2.45, 2.75) is 44.0 Å². The van der Waals surface area contributed by atoms with Gasteiger partial charge in [0.05, 0.1) is 19.0 Å². The number of rotatable bonds is 3. The van der Waals surface area contributed by atoms with Crippen molar-refractivity contribution in [3.8, 4) is 0 Å². The molecule has 20 heavy (non-hydrogen) atoms. The van der Waals surface area contributed by atoms with E-state index < -0.39 is 27.7 Å². The highest BCUT2D eigenvalue weighted by Gasteiger charge is 2.51. The van der Waals surface area contributed by atoms with Crippen LogP contribution in [-0.2, 0) is 19.6 Å². The van der Waals surface area contributed by atoms with Crippen LogP contribution in [0.5, 0.6) is 0 Å². The number of halogens is 1. The lowest BCUT2D eigenvalue weighted by Crippen LogP contribution is -2.56. The average molecular weight is 308 g/mol. The summed E-state index contributed by atoms with van der Waals surface area (Å²) in [4.78, 5) is 13.8. The summed E-state index contributed by atoms with van der Waals surface area (Å²) in [6.07, 6.45) is 1.70. The summed E-state index contributed by atoms with van der Waals surface area (Å²) in [5.74, 6) is -0.581. The van der Waals surface area contributed by atoms with Crippen LogP contribution < -0.4 is 4.72 Å². The van der Waals surface area contributed by atoms with Gasteiger partial charge in [-0.15, -0.1) is 0 Å². The van der Waals surface area contributed by atoms with Crippen LogP contribution in [0.4, 0.5) is 4.39 Å². The SMILES string of the molecule is CC1OCCC1(F)C(=O)N1CCC[C@H](NS(C)(=O)=O)C1. The van der Waals surface area contributed by atoms with Crippen molar-refractivity contribution in [1.82, 2.24) is 9.62 Å². The minimum absolute atomic E-state index is 0.0632. The molecular formula is C12H21FN2O4S. The maximum atomic E-state index is 14.7. The van der Waals surface area contributed by atoms with Crippen molar-refractivity contribution in [3.63, 3.8) is 0 Å². The van der Waals surface area contributed by atoms with Crippen molar-refractivity contribution in [3.05, 3.63) is 0 Å². The van der Waals surface area contributed by atoms with E-state index in [2.05, 4.69) is 4.72 Å². The summed E-state index contributed by atoms with van der Waals surface area (Å²) in [6.45, 7) is 2.47. The lowest BCUT2D eigenvalue weighted by molar-refractivity contribution is -0.148. The Hall–Kier alpha value is -0.730. The molecule has 2 fully saturated rings. The van der Waals surface area contributed by atoms with Gasteiger partial charge < -0.3 is 9.64 Å². The molecule has 2 saturated heterocycles. The number of alkyl halides is 1. The van der Waals surface area contributed by atoms with Gasteiger partial charge in [0.2, 0.25) is 15.7 Å². The lowest BCUT2D eigenvalue weighted by Gasteiger charge is -2.36. The van der Waals surface area contributed by atoms with Gasteiger partial charge in [-0.1, -0.05) is 0 Å². The van der Waals surface area contributed by atoms with E-state index >= 15 is 0 Å². The number of carbonyl (C=O) groups excluding carboxylic acids is 1. The van der Waals surface area contributed by atoms with Crippen LogP contribution in [0.3, 0.4) is 0 Å². The first-order chi connectivity index (χ1) is 9.22. The van der Waals surface area contributed by atoms with Gasteiger partial charge in [-0.2, -0.15) is 0 Å². The third-order valence-electron chi connectivity index (χ3n) is 3.92. The molecule has 116 valence electrons. The first kappa shape index (κ1) is 15.7. The Morgan fingerprint density at radius 3 is 2.75 bits per heavy atom. The van der Waals surface area contributed by atoms with Crippen LogP contribution in [0.2, 0.25) is 0 Å². The van der Waals surface area contributed by atoms with Gasteiger partial charge in [-0.25, -0.2) is 17.5 Å². The molecule has 0 spiro atoms. The molecule has 2 heterocycles. The molecule has 0 aromatic carbocycles. The third-order valence-corrected chi connectivity index (χ3v) is 4.68. The predicted molar refractivity (Wildman–Crippen MR) is 71.5 cm³/mol. The molecule has 8 heteroatoms. The molecular weight excluding hydrogens is 287 g/mol. The van der Waals surface area contributed by atoms with Gasteiger partial charge in [0.25, 0.3) is 5.91 Å². The molecule has 0 radical (unpaired) electrons. The number of nitrogens with one attached hydrogen (secondary N) is 1. The molecule has 0 aliphatic carbocycles. The number of amides is 1. The predicted octanol–water partition coefficient (Wildman–Crippen LogP) is 0.0437. The standard InChI is InChI=1S/C12H21FN2O4S/c1-9-12(13,5-7-19-9)11(16)15-6-3-4-10(8-15)14-20(2,17)18/h9-10,14H,3-8H2,1-2H3/t9?,10-,12?/m0/s1. The van der Waals surface area contributed by atoms with Crippen LogP contribution >= 0.6 is 0 Å². The minimum Gasteiger partial charge on any atom is -0.374 e. The van der Waals surface area contributed by atoms with Crippen LogP contribution in [0.25, 0.3) is 0 Å². The van der Waals surface area contributed by atoms with Crippen molar-refractivity contribution < 1.29 is 22.3 Å². The smallest absolute Gasteiger partial charge is 0.263 e. The molecule has 1 N–H and O–H groups in total. The second-order valence-electron chi connectivity index (χ2n) is 5.61. The largest absolute Gasteiger partial charge is 0.374 e. The van der Waals surface area contributed by atoms with Gasteiger partial charge in [0.15, 0.2) is 0 Å². The molecule has 0 aromatic rings. The summed E-state index contributed by atoms with van der Waals surface area (Å²) in [5, 5.41) is 0. The summed E-state index contributed by atoms with van der Waals surface area (Å²) < 4.78 is 44.8. The van der Waals surface area contributed by atoms with E-state index in [1.807, 2.05) is 0 Å². The highest BCUT2D eigenvalue weighted by molar-refractivity contribution is 7.88. The lowest BCUT2D eigenvalue weighted by atomic mass is 9.95. The van der Waals surface area contributed by atoms with Gasteiger partial charge in [-0.05, 0) is 19.8 Å². The fraction of sp³-hybridized carbons (Fsp3) is 0.917. The van der Waals surface area contributed by atoms with E-state index in [0.29, 0.717) is 19.4 Å².